The molecule has 148 valence electrons. The van der Waals surface area contributed by atoms with Crippen LogP contribution in [0.3, 0.4) is 0 Å². The summed E-state index contributed by atoms with van der Waals surface area (Å²) in [4.78, 5) is 43.6. The fourth-order valence-electron chi connectivity index (χ4n) is 3.37. The van der Waals surface area contributed by atoms with Gasteiger partial charge in [-0.3, -0.25) is 29.9 Å². The van der Waals surface area contributed by atoms with Crippen molar-refractivity contribution in [3.63, 3.8) is 0 Å². The van der Waals surface area contributed by atoms with Crippen LogP contribution >= 0.6 is 11.3 Å². The van der Waals surface area contributed by atoms with E-state index in [1.807, 2.05) is 22.4 Å². The molecule has 29 heavy (non-hydrogen) atoms. The molecule has 0 aliphatic carbocycles. The first-order valence-electron chi connectivity index (χ1n) is 8.72. The number of non-ortho nitro benzene ring substituents is 1. The average molecular weight is 413 g/mol. The molecule has 0 saturated heterocycles. The van der Waals surface area contributed by atoms with Crippen LogP contribution in [0.5, 0.6) is 0 Å². The summed E-state index contributed by atoms with van der Waals surface area (Å²) in [7, 11) is 0. The van der Waals surface area contributed by atoms with E-state index in [0.29, 0.717) is 42.2 Å². The number of nitro groups is 2. The second-order valence-corrected chi connectivity index (χ2v) is 7.55. The van der Waals surface area contributed by atoms with Crippen LogP contribution in [0.2, 0.25) is 0 Å². The molecule has 0 spiro atoms. The Kier molecular flexibility index (Phi) is 4.91. The molecule has 1 aliphatic rings. The zero-order chi connectivity index (χ0) is 20.5. The van der Waals surface area contributed by atoms with Gasteiger partial charge in [0, 0.05) is 36.8 Å². The Labute approximate surface area is 167 Å². The minimum absolute atomic E-state index is 0.167. The van der Waals surface area contributed by atoms with E-state index in [-0.39, 0.29) is 23.5 Å². The monoisotopic (exact) mass is 413 g/mol. The first-order valence-corrected chi connectivity index (χ1v) is 9.60. The van der Waals surface area contributed by atoms with E-state index >= 15 is 0 Å². The molecule has 3 heterocycles. The zero-order valence-electron chi connectivity index (χ0n) is 15.0. The highest BCUT2D eigenvalue weighted by Crippen LogP contribution is 2.28. The normalized spacial score (nSPS) is 13.8. The lowest BCUT2D eigenvalue weighted by Gasteiger charge is -2.27. The fraction of sp³-hybridized carbons (Fsp3) is 0.222. The van der Waals surface area contributed by atoms with Crippen molar-refractivity contribution >= 4 is 22.7 Å². The van der Waals surface area contributed by atoms with Crippen molar-refractivity contribution < 1.29 is 9.85 Å². The summed E-state index contributed by atoms with van der Waals surface area (Å²) in [6.07, 6.45) is 0.475. The molecule has 0 saturated carbocycles. The van der Waals surface area contributed by atoms with Crippen LogP contribution in [-0.4, -0.2) is 31.3 Å². The summed E-state index contributed by atoms with van der Waals surface area (Å²) >= 11 is 1.47. The number of fused-ring (bicyclic) bond motifs is 1. The molecule has 0 atom stereocenters. The van der Waals surface area contributed by atoms with Crippen molar-refractivity contribution in [1.82, 2.24) is 14.9 Å². The number of aromatic nitrogens is 2. The standard InChI is InChI=1S/C18H15N5O5S/c24-18-13-5-6-21(10-14(13)19-17(20-18)16-2-1-7-29-16)9-11-3-4-12(22(25)26)8-15(11)23(27)28/h1-4,7-8H,5-6,9-10H2,(H,19,20,24). The minimum Gasteiger partial charge on any atom is -0.306 e. The Hall–Kier alpha value is -3.44. The Bertz CT molecular complexity index is 1160. The molecule has 2 aromatic heterocycles. The van der Waals surface area contributed by atoms with Gasteiger partial charge in [0.2, 0.25) is 0 Å². The van der Waals surface area contributed by atoms with Crippen LogP contribution in [-0.2, 0) is 19.5 Å². The number of hydrogen-bond acceptors (Lipinski definition) is 8. The van der Waals surface area contributed by atoms with Crippen LogP contribution < -0.4 is 5.56 Å². The van der Waals surface area contributed by atoms with E-state index in [9.17, 15) is 25.0 Å². The first kappa shape index (κ1) is 18.9. The summed E-state index contributed by atoms with van der Waals surface area (Å²) in [6, 6.07) is 7.40. The van der Waals surface area contributed by atoms with E-state index in [0.717, 1.165) is 10.9 Å². The number of aromatic amines is 1. The Morgan fingerprint density at radius 1 is 1.21 bits per heavy atom. The SMILES string of the molecule is O=c1[nH]c(-c2cccs2)nc2c1CCN(Cc1ccc([N+](=O)[O-])cc1[N+](=O)[O-])C2. The molecule has 10 nitrogen and oxygen atoms in total. The van der Waals surface area contributed by atoms with Gasteiger partial charge < -0.3 is 4.98 Å². The third-order valence-electron chi connectivity index (χ3n) is 4.78. The molecule has 0 bridgehead atoms. The number of nitrogens with one attached hydrogen (secondary N) is 1. The van der Waals surface area contributed by atoms with Gasteiger partial charge in [-0.15, -0.1) is 11.3 Å². The van der Waals surface area contributed by atoms with Gasteiger partial charge >= 0.3 is 0 Å². The molecule has 11 heteroatoms. The zero-order valence-corrected chi connectivity index (χ0v) is 15.8. The maximum absolute atomic E-state index is 12.4. The maximum Gasteiger partial charge on any atom is 0.280 e. The molecular formula is C18H15N5O5S. The van der Waals surface area contributed by atoms with E-state index < -0.39 is 9.85 Å². The largest absolute Gasteiger partial charge is 0.306 e. The predicted molar refractivity (Wildman–Crippen MR) is 106 cm³/mol. The number of thiophene rings is 1. The number of nitrogens with zero attached hydrogens (tertiary/aromatic N) is 4. The van der Waals surface area contributed by atoms with Crippen LogP contribution in [0.1, 0.15) is 16.8 Å². The second kappa shape index (κ2) is 7.53. The highest BCUT2D eigenvalue weighted by atomic mass is 32.1. The average Bonchev–Trinajstić information content (AvgIpc) is 3.22. The van der Waals surface area contributed by atoms with Crippen molar-refractivity contribution in [2.24, 2.45) is 0 Å². The lowest BCUT2D eigenvalue weighted by atomic mass is 10.0. The smallest absolute Gasteiger partial charge is 0.280 e. The van der Waals surface area contributed by atoms with E-state index in [1.54, 1.807) is 0 Å². The molecule has 0 radical (unpaired) electrons. The highest BCUT2D eigenvalue weighted by molar-refractivity contribution is 7.13. The quantitative estimate of drug-likeness (QED) is 0.502. The van der Waals surface area contributed by atoms with Gasteiger partial charge in [0.1, 0.15) is 0 Å². The van der Waals surface area contributed by atoms with Crippen LogP contribution in [0, 0.1) is 20.2 Å². The molecule has 1 aliphatic heterocycles. The molecule has 1 aromatic carbocycles. The van der Waals surface area contributed by atoms with Crippen molar-refractivity contribution in [2.45, 2.75) is 19.5 Å². The molecule has 3 aromatic rings. The van der Waals surface area contributed by atoms with Gasteiger partial charge in [-0.25, -0.2) is 4.98 Å². The van der Waals surface area contributed by atoms with E-state index in [4.69, 9.17) is 0 Å². The van der Waals surface area contributed by atoms with Crippen LogP contribution in [0.4, 0.5) is 11.4 Å². The molecule has 4 rings (SSSR count). The molecular weight excluding hydrogens is 398 g/mol. The Morgan fingerprint density at radius 3 is 2.72 bits per heavy atom. The third kappa shape index (κ3) is 3.77. The summed E-state index contributed by atoms with van der Waals surface area (Å²) in [6.45, 7) is 1.13. The van der Waals surface area contributed by atoms with Gasteiger partial charge in [0.25, 0.3) is 16.9 Å². The first-order chi connectivity index (χ1) is 13.9. The number of H-pyrrole nitrogens is 1. The Morgan fingerprint density at radius 2 is 2.03 bits per heavy atom. The van der Waals surface area contributed by atoms with Crippen molar-refractivity contribution in [1.29, 1.82) is 0 Å². The van der Waals surface area contributed by atoms with Gasteiger partial charge in [-0.05, 0) is 23.9 Å². The van der Waals surface area contributed by atoms with Gasteiger partial charge in [-0.2, -0.15) is 0 Å². The predicted octanol–water partition coefficient (Wildman–Crippen LogP) is 2.87. The minimum atomic E-state index is -0.657. The van der Waals surface area contributed by atoms with Crippen LogP contribution in [0.25, 0.3) is 10.7 Å². The van der Waals surface area contributed by atoms with Gasteiger partial charge in [-0.1, -0.05) is 6.07 Å². The van der Waals surface area contributed by atoms with Crippen LogP contribution in [0.15, 0.2) is 40.5 Å². The second-order valence-electron chi connectivity index (χ2n) is 6.60. The molecule has 0 unspecified atom stereocenters. The van der Waals surface area contributed by atoms with Crippen molar-refractivity contribution in [2.75, 3.05) is 6.54 Å². The van der Waals surface area contributed by atoms with E-state index in [1.165, 1.54) is 23.5 Å². The molecule has 0 fully saturated rings. The van der Waals surface area contributed by atoms with Gasteiger partial charge in [0.05, 0.1) is 26.5 Å². The number of hydrogen-bond donors (Lipinski definition) is 1. The Balaban J connectivity index is 1.62. The molecule has 1 N–H and O–H groups in total. The maximum atomic E-state index is 12.4. The number of rotatable bonds is 5. The van der Waals surface area contributed by atoms with Gasteiger partial charge in [0.15, 0.2) is 5.82 Å². The lowest BCUT2D eigenvalue weighted by molar-refractivity contribution is -0.394. The number of nitro benzene ring substituents is 2. The third-order valence-corrected chi connectivity index (χ3v) is 5.65. The van der Waals surface area contributed by atoms with E-state index in [2.05, 4.69) is 9.97 Å². The summed E-state index contributed by atoms with van der Waals surface area (Å²) in [5.74, 6) is 0.506. The summed E-state index contributed by atoms with van der Waals surface area (Å²) in [5, 5.41) is 24.2. The highest BCUT2D eigenvalue weighted by Gasteiger charge is 2.25. The fourth-order valence-corrected chi connectivity index (χ4v) is 4.04. The van der Waals surface area contributed by atoms with Crippen molar-refractivity contribution in [3.05, 3.63) is 83.1 Å². The topological polar surface area (TPSA) is 135 Å². The summed E-state index contributed by atoms with van der Waals surface area (Å²) < 4.78 is 0. The lowest BCUT2D eigenvalue weighted by Crippen LogP contribution is -2.35. The van der Waals surface area contributed by atoms with Crippen molar-refractivity contribution in [3.8, 4) is 10.7 Å². The molecule has 0 amide bonds. The summed E-state index contributed by atoms with van der Waals surface area (Å²) in [5.41, 5.74) is 0.876. The number of benzene rings is 1.